The summed E-state index contributed by atoms with van der Waals surface area (Å²) in [5, 5.41) is 12.5. The monoisotopic (exact) mass is 641 g/mol. The Kier molecular flexibility index (Phi) is 11.8. The maximum atomic E-state index is 13.5. The van der Waals surface area contributed by atoms with Gasteiger partial charge in [-0.15, -0.1) is 10.2 Å². The van der Waals surface area contributed by atoms with Crippen molar-refractivity contribution in [3.8, 4) is 11.5 Å². The number of nitrogens with zero attached hydrogens (tertiary/aromatic N) is 3. The summed E-state index contributed by atoms with van der Waals surface area (Å²) in [5.74, 6) is 2.35. The maximum Gasteiger partial charge on any atom is 0.288 e. The molecule has 0 aliphatic heterocycles. The van der Waals surface area contributed by atoms with Crippen LogP contribution >= 0.6 is 0 Å². The number of unbranched alkanes of at least 4 members (excludes halogenated alkanes) is 5. The van der Waals surface area contributed by atoms with Gasteiger partial charge in [0.05, 0.1) is 6.61 Å². The quantitative estimate of drug-likeness (QED) is 0.162. The average molecular weight is 642 g/mol. The number of ether oxygens (including phenoxy) is 1. The Morgan fingerprint density at radius 3 is 2.40 bits per heavy atom. The molecule has 252 valence electrons. The Morgan fingerprint density at radius 1 is 0.956 bits per heavy atom. The third-order valence-electron chi connectivity index (χ3n) is 8.95. The van der Waals surface area contributed by atoms with E-state index >= 15 is 0 Å². The molecule has 0 spiro atoms. The molecule has 2 aromatic heterocycles. The van der Waals surface area contributed by atoms with Gasteiger partial charge in [0.2, 0.25) is 0 Å². The highest BCUT2D eigenvalue weighted by atomic mass is 32.2. The molecule has 3 aromatic rings. The lowest BCUT2D eigenvalue weighted by atomic mass is 9.72. The van der Waals surface area contributed by atoms with Crippen LogP contribution < -0.4 is 13.6 Å². The van der Waals surface area contributed by atoms with Crippen molar-refractivity contribution in [1.29, 1.82) is 0 Å². The lowest BCUT2D eigenvalue weighted by molar-refractivity contribution is 0.281. The molecule has 0 radical (unpaired) electrons. The van der Waals surface area contributed by atoms with Gasteiger partial charge in [0.1, 0.15) is 0 Å². The van der Waals surface area contributed by atoms with Crippen molar-refractivity contribution < 1.29 is 13.1 Å². The van der Waals surface area contributed by atoms with Crippen LogP contribution in [0.1, 0.15) is 156 Å². The van der Waals surface area contributed by atoms with Gasteiger partial charge in [0.25, 0.3) is 11.3 Å². The number of fused-ring (bicyclic) bond motifs is 1. The van der Waals surface area contributed by atoms with Crippen LogP contribution in [0, 0.1) is 5.41 Å². The number of aromatic amines is 1. The van der Waals surface area contributed by atoms with E-state index < -0.39 is 11.3 Å². The SMILES string of the molecule is CCCCCCCCOc1ccc(C(C)(C)CC(C)(C)C)cc1OS(=O)NC1CCCC(c2nnc3cc(C(C)(C)C)[nH]n23)C1. The minimum Gasteiger partial charge on any atom is -0.490 e. The van der Waals surface area contributed by atoms with Crippen LogP contribution in [-0.2, 0) is 22.1 Å². The molecule has 1 aliphatic carbocycles. The molecule has 1 fully saturated rings. The number of rotatable bonds is 15. The second kappa shape index (κ2) is 15.0. The summed E-state index contributed by atoms with van der Waals surface area (Å²) in [6, 6.07) is 8.31. The molecular formula is C36H59N5O3S. The highest BCUT2D eigenvalue weighted by Gasteiger charge is 2.31. The van der Waals surface area contributed by atoms with E-state index in [-0.39, 0.29) is 28.2 Å². The summed E-state index contributed by atoms with van der Waals surface area (Å²) in [7, 11) is 0. The minimum atomic E-state index is -1.72. The van der Waals surface area contributed by atoms with Gasteiger partial charge in [-0.05, 0) is 60.6 Å². The van der Waals surface area contributed by atoms with Crippen molar-refractivity contribution in [3.05, 3.63) is 41.3 Å². The van der Waals surface area contributed by atoms with Gasteiger partial charge in [-0.2, -0.15) is 4.21 Å². The molecule has 0 bridgehead atoms. The van der Waals surface area contributed by atoms with E-state index in [0.717, 1.165) is 67.7 Å². The minimum absolute atomic E-state index is 0.000668. The molecular weight excluding hydrogens is 582 g/mol. The van der Waals surface area contributed by atoms with Gasteiger partial charge in [0.15, 0.2) is 23.0 Å². The summed E-state index contributed by atoms with van der Waals surface area (Å²) >= 11 is -1.72. The number of H-pyrrole nitrogens is 1. The van der Waals surface area contributed by atoms with Gasteiger partial charge in [-0.3, -0.25) is 5.10 Å². The number of aromatic nitrogens is 4. The molecule has 1 saturated carbocycles. The number of hydrogen-bond donors (Lipinski definition) is 2. The summed E-state index contributed by atoms with van der Waals surface area (Å²) in [4.78, 5) is 0. The fourth-order valence-electron chi connectivity index (χ4n) is 6.83. The first-order chi connectivity index (χ1) is 21.2. The van der Waals surface area contributed by atoms with Crippen molar-refractivity contribution >= 4 is 16.9 Å². The highest BCUT2D eigenvalue weighted by Crippen LogP contribution is 2.40. The van der Waals surface area contributed by atoms with Gasteiger partial charge < -0.3 is 8.92 Å². The zero-order valence-electron chi connectivity index (χ0n) is 29.4. The molecule has 45 heavy (non-hydrogen) atoms. The zero-order valence-corrected chi connectivity index (χ0v) is 30.2. The van der Waals surface area contributed by atoms with Crippen LogP contribution in [0.2, 0.25) is 0 Å². The first kappa shape index (κ1) is 35.5. The molecule has 3 atom stereocenters. The van der Waals surface area contributed by atoms with E-state index in [1.54, 1.807) is 0 Å². The molecule has 1 aromatic carbocycles. The van der Waals surface area contributed by atoms with Crippen molar-refractivity contribution in [2.75, 3.05) is 6.61 Å². The zero-order chi connectivity index (χ0) is 32.8. The summed E-state index contributed by atoms with van der Waals surface area (Å²) in [6.45, 7) is 20.8. The fourth-order valence-corrected chi connectivity index (χ4v) is 7.65. The van der Waals surface area contributed by atoms with Gasteiger partial charge in [0, 0.05) is 29.1 Å². The summed E-state index contributed by atoms with van der Waals surface area (Å²) in [5.41, 5.74) is 3.23. The van der Waals surface area contributed by atoms with Crippen molar-refractivity contribution in [2.24, 2.45) is 5.41 Å². The van der Waals surface area contributed by atoms with E-state index in [1.807, 2.05) is 16.6 Å². The van der Waals surface area contributed by atoms with Crippen LogP contribution in [0.3, 0.4) is 0 Å². The molecule has 2 N–H and O–H groups in total. The van der Waals surface area contributed by atoms with E-state index in [2.05, 4.69) is 94.5 Å². The second-order valence-electron chi connectivity index (χ2n) is 16.1. The van der Waals surface area contributed by atoms with Crippen LogP contribution in [0.4, 0.5) is 0 Å². The Hall–Kier alpha value is -2.39. The number of nitrogens with one attached hydrogen (secondary N) is 2. The van der Waals surface area contributed by atoms with Crippen LogP contribution in [0.5, 0.6) is 11.5 Å². The Bertz CT molecular complexity index is 1400. The van der Waals surface area contributed by atoms with E-state index in [0.29, 0.717) is 18.1 Å². The van der Waals surface area contributed by atoms with Crippen LogP contribution in [0.15, 0.2) is 24.3 Å². The third kappa shape index (κ3) is 10.0. The molecule has 1 aliphatic rings. The predicted molar refractivity (Wildman–Crippen MR) is 185 cm³/mol. The molecule has 8 nitrogen and oxygen atoms in total. The van der Waals surface area contributed by atoms with Crippen molar-refractivity contribution in [2.45, 2.75) is 156 Å². The Morgan fingerprint density at radius 2 is 1.69 bits per heavy atom. The third-order valence-corrected chi connectivity index (χ3v) is 9.80. The molecule has 4 rings (SSSR count). The topological polar surface area (TPSA) is 93.5 Å². The van der Waals surface area contributed by atoms with E-state index in [9.17, 15) is 4.21 Å². The molecule has 0 amide bonds. The fraction of sp³-hybridized carbons (Fsp3) is 0.722. The second-order valence-corrected chi connectivity index (χ2v) is 16.9. The Labute approximate surface area is 274 Å². The molecule has 3 unspecified atom stereocenters. The summed E-state index contributed by atoms with van der Waals surface area (Å²) in [6.07, 6.45) is 12.0. The lowest BCUT2D eigenvalue weighted by Crippen LogP contribution is -2.37. The first-order valence-corrected chi connectivity index (χ1v) is 18.3. The molecule has 0 saturated heterocycles. The Balaban J connectivity index is 1.44. The first-order valence-electron chi connectivity index (χ1n) is 17.2. The van der Waals surface area contributed by atoms with E-state index in [4.69, 9.17) is 8.92 Å². The van der Waals surface area contributed by atoms with Crippen molar-refractivity contribution in [1.82, 2.24) is 24.5 Å². The van der Waals surface area contributed by atoms with Gasteiger partial charge in [-0.25, -0.2) is 9.24 Å². The standard InChI is InChI=1S/C36H59N5O3S/c1-10-11-12-13-14-15-21-43-29-20-19-27(36(8,9)25-34(2,3)4)23-30(29)44-45(42)40-28-18-16-17-26(22-28)33-38-37-32-24-31(35(5,6)7)39-41(32)33/h19-20,23-24,26,28,39-40H,10-18,21-22,25H2,1-9H3. The average Bonchev–Trinajstić information content (AvgIpc) is 3.54. The van der Waals surface area contributed by atoms with Crippen LogP contribution in [0.25, 0.3) is 5.65 Å². The largest absolute Gasteiger partial charge is 0.490 e. The summed E-state index contributed by atoms with van der Waals surface area (Å²) < 4.78 is 31.2. The van der Waals surface area contributed by atoms with Crippen molar-refractivity contribution in [3.63, 3.8) is 0 Å². The maximum absolute atomic E-state index is 13.5. The lowest BCUT2D eigenvalue weighted by Gasteiger charge is -2.33. The predicted octanol–water partition coefficient (Wildman–Crippen LogP) is 9.08. The van der Waals surface area contributed by atoms with E-state index in [1.165, 1.54) is 25.7 Å². The normalized spacial score (nSPS) is 18.8. The molecule has 9 heteroatoms. The van der Waals surface area contributed by atoms with Crippen LogP contribution in [-0.4, -0.2) is 36.7 Å². The smallest absolute Gasteiger partial charge is 0.288 e. The number of hydrogen-bond acceptors (Lipinski definition) is 5. The number of benzene rings is 1. The highest BCUT2D eigenvalue weighted by molar-refractivity contribution is 7.78. The van der Waals surface area contributed by atoms with Gasteiger partial charge >= 0.3 is 0 Å². The molecule has 2 heterocycles. The van der Waals surface area contributed by atoms with Gasteiger partial charge in [-0.1, -0.05) is 107 Å².